The highest BCUT2D eigenvalue weighted by Crippen LogP contribution is 2.24. The van der Waals surface area contributed by atoms with E-state index in [9.17, 15) is 4.39 Å². The van der Waals surface area contributed by atoms with Crippen molar-refractivity contribution in [2.75, 3.05) is 11.4 Å². The van der Waals surface area contributed by atoms with Gasteiger partial charge in [0.25, 0.3) is 0 Å². The van der Waals surface area contributed by atoms with Crippen LogP contribution in [0.2, 0.25) is 0 Å². The average molecular weight is 180 g/mol. The third kappa shape index (κ3) is 1.64. The van der Waals surface area contributed by atoms with Crippen molar-refractivity contribution in [3.63, 3.8) is 0 Å². The van der Waals surface area contributed by atoms with Crippen molar-refractivity contribution in [1.29, 1.82) is 0 Å². The Morgan fingerprint density at radius 3 is 2.92 bits per heavy atom. The molecule has 0 aromatic carbocycles. The summed E-state index contributed by atoms with van der Waals surface area (Å²) in [5, 5.41) is 0. The molecular weight excluding hydrogens is 167 g/mol. The van der Waals surface area contributed by atoms with Crippen LogP contribution in [0.4, 0.5) is 10.1 Å². The highest BCUT2D eigenvalue weighted by molar-refractivity contribution is 5.45. The molecule has 1 aromatic rings. The molecule has 1 aliphatic rings. The van der Waals surface area contributed by atoms with Gasteiger partial charge in [-0.25, -0.2) is 4.98 Å². The summed E-state index contributed by atoms with van der Waals surface area (Å²) in [5.41, 5.74) is 1.03. The molecule has 0 N–H and O–H groups in total. The third-order valence-electron chi connectivity index (χ3n) is 2.60. The molecule has 70 valence electrons. The number of pyridine rings is 1. The molecule has 2 nitrogen and oxygen atoms in total. The maximum atomic E-state index is 12.5. The molecule has 1 saturated heterocycles. The van der Waals surface area contributed by atoms with Gasteiger partial charge in [0.2, 0.25) is 5.95 Å². The molecule has 0 spiro atoms. The van der Waals surface area contributed by atoms with Crippen molar-refractivity contribution in [2.45, 2.75) is 25.8 Å². The summed E-state index contributed by atoms with van der Waals surface area (Å²) in [6.07, 6.45) is 4.05. The van der Waals surface area contributed by atoms with E-state index in [2.05, 4.69) is 16.8 Å². The molecule has 1 aromatic heterocycles. The van der Waals surface area contributed by atoms with Crippen LogP contribution >= 0.6 is 0 Å². The Labute approximate surface area is 77.4 Å². The molecule has 0 bridgehead atoms. The number of halogens is 1. The van der Waals surface area contributed by atoms with Gasteiger partial charge in [0.1, 0.15) is 0 Å². The highest BCUT2D eigenvalue weighted by atomic mass is 19.1. The van der Waals surface area contributed by atoms with Crippen LogP contribution in [0.1, 0.15) is 19.8 Å². The standard InChI is InChI=1S/C10H13FN2/c1-8-3-2-6-13(8)9-4-5-10(11)12-7-9/h4-5,7-8H,2-3,6H2,1H3/t8-/m0/s1. The van der Waals surface area contributed by atoms with Gasteiger partial charge in [-0.15, -0.1) is 0 Å². The van der Waals surface area contributed by atoms with Crippen LogP contribution in [0, 0.1) is 5.95 Å². The lowest BCUT2D eigenvalue weighted by Crippen LogP contribution is -2.26. The quantitative estimate of drug-likeness (QED) is 0.616. The van der Waals surface area contributed by atoms with Crippen molar-refractivity contribution in [3.8, 4) is 0 Å². The molecule has 2 heterocycles. The molecule has 1 fully saturated rings. The van der Waals surface area contributed by atoms with E-state index in [-0.39, 0.29) is 0 Å². The zero-order valence-electron chi connectivity index (χ0n) is 7.70. The second kappa shape index (κ2) is 3.32. The Morgan fingerprint density at radius 2 is 2.38 bits per heavy atom. The summed E-state index contributed by atoms with van der Waals surface area (Å²) in [6.45, 7) is 3.25. The lowest BCUT2D eigenvalue weighted by Gasteiger charge is -2.22. The molecule has 1 atom stereocenters. The number of nitrogens with zero attached hydrogens (tertiary/aromatic N) is 2. The number of aromatic nitrogens is 1. The fraction of sp³-hybridized carbons (Fsp3) is 0.500. The highest BCUT2D eigenvalue weighted by Gasteiger charge is 2.20. The molecular formula is C10H13FN2. The lowest BCUT2D eigenvalue weighted by molar-refractivity contribution is 0.583. The average Bonchev–Trinajstić information content (AvgIpc) is 2.53. The molecule has 13 heavy (non-hydrogen) atoms. The fourth-order valence-corrected chi connectivity index (χ4v) is 1.85. The van der Waals surface area contributed by atoms with E-state index < -0.39 is 5.95 Å². The molecule has 1 aliphatic heterocycles. The molecule has 0 amide bonds. The van der Waals surface area contributed by atoms with E-state index in [0.29, 0.717) is 6.04 Å². The largest absolute Gasteiger partial charge is 0.368 e. The van der Waals surface area contributed by atoms with Gasteiger partial charge >= 0.3 is 0 Å². The normalized spacial score (nSPS) is 22.3. The monoisotopic (exact) mass is 180 g/mol. The first-order chi connectivity index (χ1) is 6.27. The van der Waals surface area contributed by atoms with Crippen LogP contribution in [0.25, 0.3) is 0 Å². The van der Waals surface area contributed by atoms with Crippen molar-refractivity contribution >= 4 is 5.69 Å². The van der Waals surface area contributed by atoms with E-state index in [1.807, 2.05) is 0 Å². The lowest BCUT2D eigenvalue weighted by atomic mass is 10.2. The first-order valence-electron chi connectivity index (χ1n) is 4.65. The van der Waals surface area contributed by atoms with Crippen molar-refractivity contribution in [2.24, 2.45) is 0 Å². The number of rotatable bonds is 1. The van der Waals surface area contributed by atoms with Crippen LogP contribution in [0.3, 0.4) is 0 Å². The van der Waals surface area contributed by atoms with E-state index in [0.717, 1.165) is 12.2 Å². The summed E-state index contributed by atoms with van der Waals surface area (Å²) < 4.78 is 12.5. The third-order valence-corrected chi connectivity index (χ3v) is 2.60. The van der Waals surface area contributed by atoms with E-state index in [1.165, 1.54) is 18.9 Å². The van der Waals surface area contributed by atoms with Gasteiger partial charge in [0.05, 0.1) is 11.9 Å². The van der Waals surface area contributed by atoms with Crippen molar-refractivity contribution in [1.82, 2.24) is 4.98 Å². The smallest absolute Gasteiger partial charge is 0.212 e. The summed E-state index contributed by atoms with van der Waals surface area (Å²) in [5.74, 6) is -0.407. The Bertz CT molecular complexity index is 283. The molecule has 3 heteroatoms. The second-order valence-electron chi connectivity index (χ2n) is 3.52. The first kappa shape index (κ1) is 8.48. The molecule has 0 saturated carbocycles. The van der Waals surface area contributed by atoms with Crippen LogP contribution in [0.15, 0.2) is 18.3 Å². The van der Waals surface area contributed by atoms with E-state index in [1.54, 1.807) is 12.3 Å². The van der Waals surface area contributed by atoms with E-state index >= 15 is 0 Å². The summed E-state index contributed by atoms with van der Waals surface area (Å²) >= 11 is 0. The zero-order valence-corrected chi connectivity index (χ0v) is 7.70. The molecule has 0 aliphatic carbocycles. The SMILES string of the molecule is C[C@H]1CCCN1c1ccc(F)nc1. The second-order valence-corrected chi connectivity index (χ2v) is 3.52. The Kier molecular flexibility index (Phi) is 2.17. The molecule has 0 unspecified atom stereocenters. The van der Waals surface area contributed by atoms with Gasteiger partial charge in [-0.1, -0.05) is 0 Å². The minimum absolute atomic E-state index is 0.407. The van der Waals surface area contributed by atoms with Gasteiger partial charge in [-0.05, 0) is 31.9 Å². The Hall–Kier alpha value is -1.12. The van der Waals surface area contributed by atoms with Gasteiger partial charge in [-0.3, -0.25) is 0 Å². The zero-order chi connectivity index (χ0) is 9.26. The van der Waals surface area contributed by atoms with Crippen LogP contribution in [-0.4, -0.2) is 17.6 Å². The number of hydrogen-bond acceptors (Lipinski definition) is 2. The number of hydrogen-bond donors (Lipinski definition) is 0. The van der Waals surface area contributed by atoms with Crippen molar-refractivity contribution < 1.29 is 4.39 Å². The van der Waals surface area contributed by atoms with Gasteiger partial charge in [0, 0.05) is 12.6 Å². The van der Waals surface area contributed by atoms with Crippen LogP contribution in [0.5, 0.6) is 0 Å². The van der Waals surface area contributed by atoms with Gasteiger partial charge < -0.3 is 4.90 Å². The van der Waals surface area contributed by atoms with E-state index in [4.69, 9.17) is 0 Å². The minimum Gasteiger partial charge on any atom is -0.368 e. The Balaban J connectivity index is 2.20. The number of anilines is 1. The molecule has 0 radical (unpaired) electrons. The Morgan fingerprint density at radius 1 is 1.54 bits per heavy atom. The maximum Gasteiger partial charge on any atom is 0.212 e. The van der Waals surface area contributed by atoms with Crippen LogP contribution in [-0.2, 0) is 0 Å². The summed E-state index contributed by atoms with van der Waals surface area (Å²) in [7, 11) is 0. The maximum absolute atomic E-state index is 12.5. The van der Waals surface area contributed by atoms with Gasteiger partial charge in [-0.2, -0.15) is 4.39 Å². The predicted molar refractivity (Wildman–Crippen MR) is 50.2 cm³/mol. The fourth-order valence-electron chi connectivity index (χ4n) is 1.85. The van der Waals surface area contributed by atoms with Crippen molar-refractivity contribution in [3.05, 3.63) is 24.3 Å². The molecule has 2 rings (SSSR count). The van der Waals surface area contributed by atoms with Crippen LogP contribution < -0.4 is 4.90 Å². The predicted octanol–water partition coefficient (Wildman–Crippen LogP) is 2.21. The van der Waals surface area contributed by atoms with Gasteiger partial charge in [0.15, 0.2) is 0 Å². The minimum atomic E-state index is -0.407. The summed E-state index contributed by atoms with van der Waals surface area (Å²) in [6, 6.07) is 3.78. The summed E-state index contributed by atoms with van der Waals surface area (Å²) in [4.78, 5) is 5.92. The topological polar surface area (TPSA) is 16.1 Å². The first-order valence-corrected chi connectivity index (χ1v) is 4.65.